The summed E-state index contributed by atoms with van der Waals surface area (Å²) in [5.74, 6) is -0.649. The van der Waals surface area contributed by atoms with Crippen LogP contribution >= 0.6 is 11.8 Å². The van der Waals surface area contributed by atoms with Gasteiger partial charge in [0.05, 0.1) is 10.6 Å². The second kappa shape index (κ2) is 5.84. The van der Waals surface area contributed by atoms with Gasteiger partial charge in [-0.05, 0) is 42.3 Å². The van der Waals surface area contributed by atoms with E-state index in [-0.39, 0.29) is 11.4 Å². The number of aromatic carboxylic acids is 1. The number of pyridine rings is 1. The highest BCUT2D eigenvalue weighted by Gasteiger charge is 2.05. The Bertz CT molecular complexity index is 599. The van der Waals surface area contributed by atoms with Gasteiger partial charge in [0, 0.05) is 11.9 Å². The summed E-state index contributed by atoms with van der Waals surface area (Å²) in [6, 6.07) is 7.85. The van der Waals surface area contributed by atoms with Crippen LogP contribution in [0.4, 0.5) is 4.39 Å². The lowest BCUT2D eigenvalue weighted by Gasteiger charge is -2.05. The maximum Gasteiger partial charge on any atom is 0.337 e. The van der Waals surface area contributed by atoms with Crippen LogP contribution in [0.25, 0.3) is 0 Å². The van der Waals surface area contributed by atoms with Crippen molar-refractivity contribution >= 4 is 17.7 Å². The van der Waals surface area contributed by atoms with Crippen molar-refractivity contribution in [2.45, 2.75) is 17.7 Å². The van der Waals surface area contributed by atoms with Gasteiger partial charge in [-0.15, -0.1) is 11.8 Å². The maximum atomic E-state index is 13.1. The average Bonchev–Trinajstić information content (AvgIpc) is 2.40. The highest BCUT2D eigenvalue weighted by molar-refractivity contribution is 7.98. The van der Waals surface area contributed by atoms with Gasteiger partial charge in [0.1, 0.15) is 5.82 Å². The van der Waals surface area contributed by atoms with Gasteiger partial charge in [0.15, 0.2) is 0 Å². The van der Waals surface area contributed by atoms with Crippen LogP contribution < -0.4 is 0 Å². The predicted octanol–water partition coefficient (Wildman–Crippen LogP) is 3.52. The highest BCUT2D eigenvalue weighted by Crippen LogP contribution is 2.23. The van der Waals surface area contributed by atoms with E-state index in [0.717, 1.165) is 11.1 Å². The standard InChI is InChI=1S/C14H12FNO2S/c1-9-2-4-12(15)6-11(9)8-19-13-5-3-10(7-16-13)14(17)18/h2-7H,8H2,1H3,(H,17,18). The van der Waals surface area contributed by atoms with E-state index < -0.39 is 5.97 Å². The molecule has 0 amide bonds. The fourth-order valence-corrected chi connectivity index (χ4v) is 2.45. The number of aromatic nitrogens is 1. The van der Waals surface area contributed by atoms with E-state index in [1.165, 1.54) is 36.2 Å². The number of rotatable bonds is 4. The van der Waals surface area contributed by atoms with Crippen LogP contribution in [-0.4, -0.2) is 16.1 Å². The van der Waals surface area contributed by atoms with E-state index in [1.54, 1.807) is 12.1 Å². The molecule has 2 rings (SSSR count). The van der Waals surface area contributed by atoms with Crippen LogP contribution in [0.15, 0.2) is 41.6 Å². The third-order valence-electron chi connectivity index (χ3n) is 2.67. The molecule has 3 nitrogen and oxygen atoms in total. The third-order valence-corrected chi connectivity index (χ3v) is 3.66. The molecule has 0 spiro atoms. The summed E-state index contributed by atoms with van der Waals surface area (Å²) >= 11 is 1.45. The Labute approximate surface area is 114 Å². The van der Waals surface area contributed by atoms with Gasteiger partial charge in [-0.1, -0.05) is 6.07 Å². The molecule has 1 aromatic carbocycles. The molecule has 1 heterocycles. The molecule has 0 aliphatic heterocycles. The van der Waals surface area contributed by atoms with Gasteiger partial charge in [0.2, 0.25) is 0 Å². The second-order valence-corrected chi connectivity index (χ2v) is 5.05. The number of hydrogen-bond acceptors (Lipinski definition) is 3. The molecule has 0 unspecified atom stereocenters. The van der Waals surface area contributed by atoms with Crippen molar-refractivity contribution in [3.8, 4) is 0 Å². The van der Waals surface area contributed by atoms with E-state index in [9.17, 15) is 9.18 Å². The number of halogens is 1. The first-order valence-corrected chi connectivity index (χ1v) is 6.62. The zero-order chi connectivity index (χ0) is 13.8. The Kier molecular flexibility index (Phi) is 4.16. The minimum Gasteiger partial charge on any atom is -0.478 e. The number of benzene rings is 1. The SMILES string of the molecule is Cc1ccc(F)cc1CSc1ccc(C(=O)O)cn1. The molecule has 19 heavy (non-hydrogen) atoms. The first kappa shape index (κ1) is 13.5. The van der Waals surface area contributed by atoms with E-state index in [2.05, 4.69) is 4.98 Å². The van der Waals surface area contributed by atoms with E-state index >= 15 is 0 Å². The lowest BCUT2D eigenvalue weighted by atomic mass is 10.1. The lowest BCUT2D eigenvalue weighted by Crippen LogP contribution is -1.97. The maximum absolute atomic E-state index is 13.1. The summed E-state index contributed by atoms with van der Waals surface area (Å²) in [5.41, 5.74) is 2.09. The van der Waals surface area contributed by atoms with E-state index in [4.69, 9.17) is 5.11 Å². The predicted molar refractivity (Wildman–Crippen MR) is 71.9 cm³/mol. The monoisotopic (exact) mass is 277 g/mol. The van der Waals surface area contributed by atoms with E-state index in [0.29, 0.717) is 10.8 Å². The van der Waals surface area contributed by atoms with Crippen LogP contribution in [0.3, 0.4) is 0 Å². The molecular formula is C14H12FNO2S. The molecule has 0 radical (unpaired) electrons. The van der Waals surface area contributed by atoms with Gasteiger partial charge in [0.25, 0.3) is 0 Å². The fraction of sp³-hybridized carbons (Fsp3) is 0.143. The molecule has 0 saturated heterocycles. The zero-order valence-electron chi connectivity index (χ0n) is 10.3. The first-order chi connectivity index (χ1) is 9.06. The van der Waals surface area contributed by atoms with E-state index in [1.807, 2.05) is 6.92 Å². The van der Waals surface area contributed by atoms with Crippen molar-refractivity contribution in [3.63, 3.8) is 0 Å². The second-order valence-electron chi connectivity index (χ2n) is 4.05. The van der Waals surface area contributed by atoms with Gasteiger partial charge in [-0.3, -0.25) is 0 Å². The molecule has 0 saturated carbocycles. The molecule has 0 atom stereocenters. The number of carbonyl (C=O) groups is 1. The quantitative estimate of drug-likeness (QED) is 0.869. The molecule has 0 fully saturated rings. The zero-order valence-corrected chi connectivity index (χ0v) is 11.1. The molecular weight excluding hydrogens is 265 g/mol. The van der Waals surface area contributed by atoms with Crippen LogP contribution in [0.5, 0.6) is 0 Å². The first-order valence-electron chi connectivity index (χ1n) is 5.63. The number of thioether (sulfide) groups is 1. The smallest absolute Gasteiger partial charge is 0.337 e. The Morgan fingerprint density at radius 3 is 2.79 bits per heavy atom. The molecule has 5 heteroatoms. The lowest BCUT2D eigenvalue weighted by molar-refractivity contribution is 0.0696. The summed E-state index contributed by atoms with van der Waals surface area (Å²) in [6.45, 7) is 1.93. The van der Waals surface area contributed by atoms with Gasteiger partial charge in [-0.2, -0.15) is 0 Å². The van der Waals surface area contributed by atoms with Crippen LogP contribution in [0.2, 0.25) is 0 Å². The van der Waals surface area contributed by atoms with Crippen molar-refractivity contribution < 1.29 is 14.3 Å². The minimum absolute atomic E-state index is 0.159. The van der Waals surface area contributed by atoms with Crippen LogP contribution in [0, 0.1) is 12.7 Å². The molecule has 1 N–H and O–H groups in total. The van der Waals surface area contributed by atoms with Crippen LogP contribution in [-0.2, 0) is 5.75 Å². The Balaban J connectivity index is 2.06. The Morgan fingerprint density at radius 2 is 2.16 bits per heavy atom. The average molecular weight is 277 g/mol. The van der Waals surface area contributed by atoms with Gasteiger partial charge >= 0.3 is 5.97 Å². The van der Waals surface area contributed by atoms with Crippen molar-refractivity contribution in [2.75, 3.05) is 0 Å². The Morgan fingerprint density at radius 1 is 1.37 bits per heavy atom. The number of carboxylic acids is 1. The normalized spacial score (nSPS) is 10.4. The topological polar surface area (TPSA) is 50.2 Å². The summed E-state index contributed by atoms with van der Waals surface area (Å²) in [4.78, 5) is 14.7. The van der Waals surface area contributed by atoms with Crippen molar-refractivity contribution in [1.29, 1.82) is 0 Å². The van der Waals surface area contributed by atoms with Crippen LogP contribution in [0.1, 0.15) is 21.5 Å². The summed E-state index contributed by atoms with van der Waals surface area (Å²) < 4.78 is 13.1. The molecule has 1 aromatic heterocycles. The minimum atomic E-state index is -0.995. The summed E-state index contributed by atoms with van der Waals surface area (Å²) in [7, 11) is 0. The highest BCUT2D eigenvalue weighted by atomic mass is 32.2. The fourth-order valence-electron chi connectivity index (χ4n) is 1.54. The third kappa shape index (κ3) is 3.54. The van der Waals surface area contributed by atoms with Crippen molar-refractivity contribution in [2.24, 2.45) is 0 Å². The largest absolute Gasteiger partial charge is 0.478 e. The Hall–Kier alpha value is -1.88. The molecule has 0 aliphatic carbocycles. The summed E-state index contributed by atoms with van der Waals surface area (Å²) in [5, 5.41) is 9.48. The molecule has 0 bridgehead atoms. The van der Waals surface area contributed by atoms with Gasteiger partial charge in [-0.25, -0.2) is 14.2 Å². The van der Waals surface area contributed by atoms with Crippen molar-refractivity contribution in [1.82, 2.24) is 4.98 Å². The van der Waals surface area contributed by atoms with Crippen molar-refractivity contribution in [3.05, 3.63) is 59.0 Å². The number of aryl methyl sites for hydroxylation is 1. The molecule has 0 aliphatic rings. The number of hydrogen-bond donors (Lipinski definition) is 1. The molecule has 2 aromatic rings. The number of carboxylic acid groups (broad SMARTS) is 1. The molecule has 98 valence electrons. The number of nitrogens with zero attached hydrogens (tertiary/aromatic N) is 1. The summed E-state index contributed by atoms with van der Waals surface area (Å²) in [6.07, 6.45) is 1.32. The van der Waals surface area contributed by atoms with Gasteiger partial charge < -0.3 is 5.11 Å².